The van der Waals surface area contributed by atoms with E-state index in [1.54, 1.807) is 12.1 Å². The van der Waals surface area contributed by atoms with Gasteiger partial charge in [0.2, 0.25) is 0 Å². The molecule has 5 heteroatoms. The number of nitriles is 2. The van der Waals surface area contributed by atoms with E-state index in [4.69, 9.17) is 5.26 Å². The van der Waals surface area contributed by atoms with Gasteiger partial charge in [-0.3, -0.25) is 4.79 Å². The lowest BCUT2D eigenvalue weighted by Gasteiger charge is -2.04. The topological polar surface area (TPSA) is 77.5 Å². The Labute approximate surface area is 140 Å². The quantitative estimate of drug-likeness (QED) is 0.706. The highest BCUT2D eigenvalue weighted by molar-refractivity contribution is 7.10. The highest BCUT2D eigenvalue weighted by atomic mass is 32.1. The van der Waals surface area contributed by atoms with Gasteiger partial charge in [-0.15, -0.1) is 11.3 Å². The molecule has 0 N–H and O–H groups in total. The van der Waals surface area contributed by atoms with Crippen LogP contribution in [0, 0.1) is 22.7 Å². The Balaban J connectivity index is 2.14. The van der Waals surface area contributed by atoms with Crippen LogP contribution in [0.25, 0.3) is 11.3 Å². The molecule has 0 aliphatic carbocycles. The molecule has 2 aromatic rings. The molecule has 1 atom stereocenters. The van der Waals surface area contributed by atoms with Crippen molar-refractivity contribution in [2.45, 2.75) is 38.5 Å². The molecule has 1 heterocycles. The minimum atomic E-state index is -0.774. The summed E-state index contributed by atoms with van der Waals surface area (Å²) in [4.78, 5) is 16.6. The summed E-state index contributed by atoms with van der Waals surface area (Å²) in [5.41, 5.74) is 2.20. The number of Topliss-reactive ketones (excluding diaryl/α,β-unsaturated/α-hetero) is 1. The molecule has 0 aliphatic rings. The summed E-state index contributed by atoms with van der Waals surface area (Å²) in [6.07, 6.45) is 3.29. The monoisotopic (exact) mass is 323 g/mol. The minimum absolute atomic E-state index is 0.0540. The van der Waals surface area contributed by atoms with Crippen molar-refractivity contribution in [3.05, 3.63) is 40.2 Å². The van der Waals surface area contributed by atoms with Crippen molar-refractivity contribution in [2.24, 2.45) is 0 Å². The molecule has 0 bridgehead atoms. The Morgan fingerprint density at radius 1 is 1.26 bits per heavy atom. The van der Waals surface area contributed by atoms with E-state index in [0.29, 0.717) is 17.0 Å². The van der Waals surface area contributed by atoms with Crippen LogP contribution in [0.1, 0.15) is 49.1 Å². The number of carbonyl (C=O) groups excluding carboxylic acids is 1. The van der Waals surface area contributed by atoms with Crippen LogP contribution >= 0.6 is 11.3 Å². The predicted molar refractivity (Wildman–Crippen MR) is 89.8 cm³/mol. The summed E-state index contributed by atoms with van der Waals surface area (Å²) in [5.74, 6) is -0.828. The number of hydrogen-bond acceptors (Lipinski definition) is 5. The first-order valence-corrected chi connectivity index (χ1v) is 8.45. The Kier molecular flexibility index (Phi) is 6.02. The second kappa shape index (κ2) is 8.22. The number of aromatic nitrogens is 1. The Morgan fingerprint density at radius 3 is 2.61 bits per heavy atom. The largest absolute Gasteiger partial charge is 0.298 e. The third-order valence-corrected chi connectivity index (χ3v) is 4.47. The summed E-state index contributed by atoms with van der Waals surface area (Å²) in [7, 11) is 0. The second-order valence-electron chi connectivity index (χ2n) is 5.25. The average molecular weight is 323 g/mol. The van der Waals surface area contributed by atoms with Crippen LogP contribution in [0.3, 0.4) is 0 Å². The van der Waals surface area contributed by atoms with Crippen molar-refractivity contribution in [3.63, 3.8) is 0 Å². The van der Waals surface area contributed by atoms with Gasteiger partial charge in [0.15, 0.2) is 11.7 Å². The molecule has 0 saturated carbocycles. The fourth-order valence-corrected chi connectivity index (χ4v) is 3.12. The van der Waals surface area contributed by atoms with E-state index in [1.165, 1.54) is 11.3 Å². The summed E-state index contributed by atoms with van der Waals surface area (Å²) >= 11 is 1.34. The smallest absolute Gasteiger partial charge is 0.156 e. The average Bonchev–Trinajstić information content (AvgIpc) is 3.05. The molecular formula is C18H17N3OS. The Bertz CT molecular complexity index is 750. The van der Waals surface area contributed by atoms with Crippen molar-refractivity contribution >= 4 is 17.1 Å². The number of rotatable bonds is 7. The van der Waals surface area contributed by atoms with Gasteiger partial charge in [-0.25, -0.2) is 4.98 Å². The number of hydrogen-bond donors (Lipinski definition) is 0. The molecule has 0 unspecified atom stereocenters. The lowest BCUT2D eigenvalue weighted by atomic mass is 10.0. The molecule has 0 spiro atoms. The first-order valence-electron chi connectivity index (χ1n) is 7.58. The lowest BCUT2D eigenvalue weighted by molar-refractivity contribution is -0.119. The second-order valence-corrected chi connectivity index (χ2v) is 6.14. The third-order valence-electron chi connectivity index (χ3n) is 3.56. The molecule has 0 saturated heterocycles. The van der Waals surface area contributed by atoms with E-state index in [-0.39, 0.29) is 5.78 Å². The molecule has 0 amide bonds. The minimum Gasteiger partial charge on any atom is -0.298 e. The summed E-state index contributed by atoms with van der Waals surface area (Å²) < 4.78 is 0. The van der Waals surface area contributed by atoms with Crippen molar-refractivity contribution in [3.8, 4) is 23.4 Å². The maximum Gasteiger partial charge on any atom is 0.156 e. The molecule has 0 aliphatic heterocycles. The van der Waals surface area contributed by atoms with Crippen molar-refractivity contribution < 1.29 is 4.79 Å². The van der Waals surface area contributed by atoms with E-state index >= 15 is 0 Å². The fraction of sp³-hybridized carbons (Fsp3) is 0.333. The first-order chi connectivity index (χ1) is 11.2. The van der Waals surface area contributed by atoms with Crippen LogP contribution in [0.15, 0.2) is 29.6 Å². The molecule has 0 radical (unpaired) electrons. The summed E-state index contributed by atoms with van der Waals surface area (Å²) in [6.45, 7) is 2.08. The zero-order valence-corrected chi connectivity index (χ0v) is 13.8. The number of ketones is 1. The number of thiazole rings is 1. The van der Waals surface area contributed by atoms with Gasteiger partial charge < -0.3 is 0 Å². The number of unbranched alkanes of at least 4 members (excludes halogenated alkanes) is 2. The molecule has 23 heavy (non-hydrogen) atoms. The molecule has 0 fully saturated rings. The first kappa shape index (κ1) is 16.9. The normalized spacial score (nSPS) is 11.4. The highest BCUT2D eigenvalue weighted by Gasteiger charge is 2.23. The standard InChI is InChI=1S/C18H17N3OS/c1-2-3-4-5-17(22)15(11-20)18-21-16(12-23-18)14-8-6-13(10-19)7-9-14/h6-9,12,15H,2-5H2,1H3/t15-/m1/s1. The third kappa shape index (κ3) is 4.25. The summed E-state index contributed by atoms with van der Waals surface area (Å²) in [6, 6.07) is 11.3. The molecule has 1 aromatic carbocycles. The van der Waals surface area contributed by atoms with Crippen molar-refractivity contribution in [1.82, 2.24) is 4.98 Å². The maximum absolute atomic E-state index is 12.2. The van der Waals surface area contributed by atoms with E-state index in [9.17, 15) is 10.1 Å². The van der Waals surface area contributed by atoms with E-state index < -0.39 is 5.92 Å². The van der Waals surface area contributed by atoms with Crippen molar-refractivity contribution in [1.29, 1.82) is 10.5 Å². The molecular weight excluding hydrogens is 306 g/mol. The highest BCUT2D eigenvalue weighted by Crippen LogP contribution is 2.28. The van der Waals surface area contributed by atoms with Gasteiger partial charge in [-0.2, -0.15) is 10.5 Å². The van der Waals surface area contributed by atoms with Crippen LogP contribution in [0.2, 0.25) is 0 Å². The van der Waals surface area contributed by atoms with E-state index in [1.807, 2.05) is 17.5 Å². The van der Waals surface area contributed by atoms with Gasteiger partial charge in [0.25, 0.3) is 0 Å². The van der Waals surface area contributed by atoms with Gasteiger partial charge >= 0.3 is 0 Å². The SMILES string of the molecule is CCCCCC(=O)[C@@H](C#N)c1nc(-c2ccc(C#N)cc2)cs1. The molecule has 116 valence electrons. The maximum atomic E-state index is 12.2. The Morgan fingerprint density at radius 2 is 2.00 bits per heavy atom. The Hall–Kier alpha value is -2.50. The van der Waals surface area contributed by atoms with E-state index in [2.05, 4.69) is 24.0 Å². The number of benzene rings is 1. The summed E-state index contributed by atoms with van der Waals surface area (Å²) in [5, 5.41) is 20.5. The van der Waals surface area contributed by atoms with Crippen LogP contribution < -0.4 is 0 Å². The fourth-order valence-electron chi connectivity index (χ4n) is 2.23. The molecule has 4 nitrogen and oxygen atoms in total. The van der Waals surface area contributed by atoms with Crippen LogP contribution in [-0.4, -0.2) is 10.8 Å². The van der Waals surface area contributed by atoms with Gasteiger partial charge in [0, 0.05) is 17.4 Å². The molecule has 2 rings (SSSR count). The predicted octanol–water partition coefficient (Wildman–Crippen LogP) is 4.44. The zero-order valence-electron chi connectivity index (χ0n) is 13.0. The van der Waals surface area contributed by atoms with Crippen LogP contribution in [0.5, 0.6) is 0 Å². The van der Waals surface area contributed by atoms with E-state index in [0.717, 1.165) is 30.5 Å². The van der Waals surface area contributed by atoms with Gasteiger partial charge in [-0.05, 0) is 18.6 Å². The van der Waals surface area contributed by atoms with Gasteiger partial charge in [0.05, 0.1) is 23.4 Å². The van der Waals surface area contributed by atoms with Crippen LogP contribution in [-0.2, 0) is 4.79 Å². The van der Waals surface area contributed by atoms with Gasteiger partial charge in [-0.1, -0.05) is 31.9 Å². The number of nitrogens with zero attached hydrogens (tertiary/aromatic N) is 3. The van der Waals surface area contributed by atoms with Gasteiger partial charge in [0.1, 0.15) is 5.01 Å². The zero-order chi connectivity index (χ0) is 16.7. The van der Waals surface area contributed by atoms with Crippen molar-refractivity contribution in [2.75, 3.05) is 0 Å². The molecule has 1 aromatic heterocycles. The number of carbonyl (C=O) groups is 1. The van der Waals surface area contributed by atoms with Crippen LogP contribution in [0.4, 0.5) is 0 Å². The lowest BCUT2D eigenvalue weighted by Crippen LogP contribution is -2.10.